The number of benzene rings is 1. The number of hydrogen-bond acceptors (Lipinski definition) is 4. The van der Waals surface area contributed by atoms with E-state index in [1.165, 1.54) is 18.1 Å². The Bertz CT molecular complexity index is 779. The van der Waals surface area contributed by atoms with Gasteiger partial charge in [-0.2, -0.15) is 0 Å². The summed E-state index contributed by atoms with van der Waals surface area (Å²) in [5, 5.41) is 9.31. The lowest BCUT2D eigenvalue weighted by molar-refractivity contribution is 0.279. The van der Waals surface area contributed by atoms with Gasteiger partial charge in [0.2, 0.25) is 0 Å². The molecule has 6 heteroatoms. The summed E-state index contributed by atoms with van der Waals surface area (Å²) in [7, 11) is 0. The predicted molar refractivity (Wildman–Crippen MR) is 73.2 cm³/mol. The lowest BCUT2D eigenvalue weighted by Crippen LogP contribution is -2.05. The zero-order valence-corrected chi connectivity index (χ0v) is 10.7. The third-order valence-corrected chi connectivity index (χ3v) is 3.95. The summed E-state index contributed by atoms with van der Waals surface area (Å²) < 4.78 is 0. The standard InChI is InChI=1S/C13H11N3O2S/c17-6-8-3-1-2-4-9(8)19-10-5-14-12-11(10)15-7-16-13(12)18/h1-5,7,14,17H,6H2,(H,15,16,18). The number of hydrogen-bond donors (Lipinski definition) is 3. The van der Waals surface area contributed by atoms with Crippen LogP contribution < -0.4 is 5.56 Å². The van der Waals surface area contributed by atoms with Gasteiger partial charge in [0.15, 0.2) is 0 Å². The largest absolute Gasteiger partial charge is 0.392 e. The van der Waals surface area contributed by atoms with E-state index in [2.05, 4.69) is 15.0 Å². The number of H-pyrrole nitrogens is 2. The summed E-state index contributed by atoms with van der Waals surface area (Å²) in [6.07, 6.45) is 3.15. The smallest absolute Gasteiger partial charge is 0.275 e. The molecule has 0 saturated carbocycles. The molecular weight excluding hydrogens is 262 g/mol. The first-order valence-electron chi connectivity index (χ1n) is 5.71. The predicted octanol–water partition coefficient (Wildman–Crippen LogP) is 1.89. The topological polar surface area (TPSA) is 81.8 Å². The van der Waals surface area contributed by atoms with E-state index in [-0.39, 0.29) is 12.2 Å². The maximum atomic E-state index is 11.6. The molecular formula is C13H11N3O2S. The summed E-state index contributed by atoms with van der Waals surface area (Å²) in [6, 6.07) is 7.60. The van der Waals surface area contributed by atoms with Crippen LogP contribution in [-0.4, -0.2) is 20.1 Å². The van der Waals surface area contributed by atoms with Crippen molar-refractivity contribution < 1.29 is 5.11 Å². The third kappa shape index (κ3) is 2.16. The first-order chi connectivity index (χ1) is 9.29. The van der Waals surface area contributed by atoms with Crippen molar-refractivity contribution in [1.82, 2.24) is 15.0 Å². The molecule has 0 aliphatic heterocycles. The highest BCUT2D eigenvalue weighted by molar-refractivity contribution is 7.99. The Balaban J connectivity index is 2.07. The van der Waals surface area contributed by atoms with Crippen LogP contribution in [-0.2, 0) is 6.61 Å². The van der Waals surface area contributed by atoms with Gasteiger partial charge in [-0.3, -0.25) is 4.79 Å². The molecule has 0 fully saturated rings. The van der Waals surface area contributed by atoms with Crippen LogP contribution in [0.4, 0.5) is 0 Å². The van der Waals surface area contributed by atoms with Crippen LogP contribution in [0, 0.1) is 0 Å². The fourth-order valence-electron chi connectivity index (χ4n) is 1.86. The summed E-state index contributed by atoms with van der Waals surface area (Å²) in [6.45, 7) is -0.0143. The van der Waals surface area contributed by atoms with Gasteiger partial charge in [-0.05, 0) is 11.6 Å². The minimum Gasteiger partial charge on any atom is -0.392 e. The monoisotopic (exact) mass is 273 g/mol. The van der Waals surface area contributed by atoms with Gasteiger partial charge in [0.1, 0.15) is 11.0 Å². The molecule has 0 amide bonds. The zero-order valence-electron chi connectivity index (χ0n) is 9.88. The van der Waals surface area contributed by atoms with Gasteiger partial charge in [0.25, 0.3) is 5.56 Å². The van der Waals surface area contributed by atoms with E-state index in [0.29, 0.717) is 11.0 Å². The van der Waals surface area contributed by atoms with Gasteiger partial charge in [-0.15, -0.1) is 0 Å². The third-order valence-electron chi connectivity index (χ3n) is 2.80. The minimum atomic E-state index is -0.188. The highest BCUT2D eigenvalue weighted by atomic mass is 32.2. The molecule has 5 nitrogen and oxygen atoms in total. The molecule has 0 aliphatic carbocycles. The Kier molecular flexibility index (Phi) is 3.10. The zero-order chi connectivity index (χ0) is 13.2. The number of rotatable bonds is 3. The van der Waals surface area contributed by atoms with Gasteiger partial charge in [-0.25, -0.2) is 4.98 Å². The summed E-state index contributed by atoms with van der Waals surface area (Å²) in [5.41, 5.74) is 1.77. The number of nitrogens with one attached hydrogen (secondary N) is 2. The van der Waals surface area contributed by atoms with E-state index >= 15 is 0 Å². The molecule has 3 N–H and O–H groups in total. The molecule has 0 spiro atoms. The molecule has 96 valence electrons. The van der Waals surface area contributed by atoms with Crippen molar-refractivity contribution >= 4 is 22.8 Å². The average molecular weight is 273 g/mol. The summed E-state index contributed by atoms with van der Waals surface area (Å²) in [4.78, 5) is 23.0. The molecule has 0 radical (unpaired) electrons. The van der Waals surface area contributed by atoms with Crippen molar-refractivity contribution in [2.75, 3.05) is 0 Å². The van der Waals surface area contributed by atoms with Crippen molar-refractivity contribution in [2.45, 2.75) is 16.4 Å². The van der Waals surface area contributed by atoms with E-state index in [1.807, 2.05) is 24.3 Å². The highest BCUT2D eigenvalue weighted by Gasteiger charge is 2.10. The van der Waals surface area contributed by atoms with Gasteiger partial charge < -0.3 is 15.1 Å². The Morgan fingerprint density at radius 3 is 2.89 bits per heavy atom. The SMILES string of the molecule is O=c1[nH]cnc2c(Sc3ccccc3CO)c[nH]c12. The normalized spacial score (nSPS) is 11.0. The van der Waals surface area contributed by atoms with Crippen LogP contribution >= 0.6 is 11.8 Å². The van der Waals surface area contributed by atoms with Crippen molar-refractivity contribution in [3.63, 3.8) is 0 Å². The number of aliphatic hydroxyl groups is 1. The first kappa shape index (κ1) is 12.0. The number of aromatic nitrogens is 3. The lowest BCUT2D eigenvalue weighted by atomic mass is 10.2. The van der Waals surface area contributed by atoms with Crippen molar-refractivity contribution in [1.29, 1.82) is 0 Å². The molecule has 0 atom stereocenters. The molecule has 19 heavy (non-hydrogen) atoms. The maximum absolute atomic E-state index is 11.6. The van der Waals surface area contributed by atoms with Gasteiger partial charge in [-0.1, -0.05) is 30.0 Å². The molecule has 2 heterocycles. The van der Waals surface area contributed by atoms with Gasteiger partial charge in [0, 0.05) is 11.1 Å². The lowest BCUT2D eigenvalue weighted by Gasteiger charge is -2.05. The van der Waals surface area contributed by atoms with Crippen LogP contribution in [0.2, 0.25) is 0 Å². The van der Waals surface area contributed by atoms with Crippen molar-refractivity contribution in [3.8, 4) is 0 Å². The second kappa shape index (κ2) is 4.91. The van der Waals surface area contributed by atoms with E-state index in [4.69, 9.17) is 0 Å². The van der Waals surface area contributed by atoms with E-state index in [0.717, 1.165) is 15.4 Å². The molecule has 2 aromatic heterocycles. The molecule has 1 aromatic carbocycles. The highest BCUT2D eigenvalue weighted by Crippen LogP contribution is 2.33. The molecule has 0 aliphatic rings. The van der Waals surface area contributed by atoms with Crippen molar-refractivity contribution in [3.05, 3.63) is 52.7 Å². The van der Waals surface area contributed by atoms with Crippen LogP contribution in [0.25, 0.3) is 11.0 Å². The molecule has 3 aromatic rings. The van der Waals surface area contributed by atoms with Crippen LogP contribution in [0.15, 0.2) is 51.4 Å². The Morgan fingerprint density at radius 2 is 2.05 bits per heavy atom. The number of aromatic amines is 2. The second-order valence-electron chi connectivity index (χ2n) is 3.98. The molecule has 3 rings (SSSR count). The summed E-state index contributed by atoms with van der Waals surface area (Å²) in [5.74, 6) is 0. The fraction of sp³-hybridized carbons (Fsp3) is 0.0769. The second-order valence-corrected chi connectivity index (χ2v) is 5.06. The van der Waals surface area contributed by atoms with Crippen LogP contribution in [0.3, 0.4) is 0 Å². The van der Waals surface area contributed by atoms with Gasteiger partial charge in [0.05, 0.1) is 17.8 Å². The Labute approximate surface area is 112 Å². The van der Waals surface area contributed by atoms with Crippen LogP contribution in [0.5, 0.6) is 0 Å². The van der Waals surface area contributed by atoms with E-state index in [1.54, 1.807) is 6.20 Å². The number of aliphatic hydroxyl groups excluding tert-OH is 1. The van der Waals surface area contributed by atoms with Crippen molar-refractivity contribution in [2.24, 2.45) is 0 Å². The first-order valence-corrected chi connectivity index (χ1v) is 6.52. The number of fused-ring (bicyclic) bond motifs is 1. The molecule has 0 unspecified atom stereocenters. The fourth-order valence-corrected chi connectivity index (χ4v) is 2.87. The Hall–Kier alpha value is -2.05. The van der Waals surface area contributed by atoms with E-state index < -0.39 is 0 Å². The van der Waals surface area contributed by atoms with Gasteiger partial charge >= 0.3 is 0 Å². The quantitative estimate of drug-likeness (QED) is 0.680. The number of nitrogens with zero attached hydrogens (tertiary/aromatic N) is 1. The average Bonchev–Trinajstić information content (AvgIpc) is 2.84. The maximum Gasteiger partial charge on any atom is 0.275 e. The van der Waals surface area contributed by atoms with E-state index in [9.17, 15) is 9.90 Å². The summed E-state index contributed by atoms with van der Waals surface area (Å²) >= 11 is 1.48. The van der Waals surface area contributed by atoms with Crippen LogP contribution in [0.1, 0.15) is 5.56 Å². The molecule has 0 bridgehead atoms. The Morgan fingerprint density at radius 1 is 1.21 bits per heavy atom. The minimum absolute atomic E-state index is 0.0143. The molecule has 0 saturated heterocycles.